The van der Waals surface area contributed by atoms with Crippen molar-refractivity contribution in [1.29, 1.82) is 0 Å². The molecule has 2 saturated carbocycles. The molecule has 0 aromatic rings. The van der Waals surface area contributed by atoms with Gasteiger partial charge in [-0.15, -0.1) is 0 Å². The van der Waals surface area contributed by atoms with Crippen LogP contribution in [0.15, 0.2) is 16.4 Å². The molecule has 4 aliphatic rings. The van der Waals surface area contributed by atoms with Gasteiger partial charge in [0.2, 0.25) is 0 Å². The van der Waals surface area contributed by atoms with Crippen LogP contribution < -0.4 is 0 Å². The maximum Gasteiger partial charge on any atom is 0.314 e. The van der Waals surface area contributed by atoms with Gasteiger partial charge in [-0.2, -0.15) is 0 Å². The summed E-state index contributed by atoms with van der Waals surface area (Å²) in [6.07, 6.45) is 11.1. The molecule has 0 bridgehead atoms. The lowest BCUT2D eigenvalue weighted by atomic mass is 9.54. The summed E-state index contributed by atoms with van der Waals surface area (Å²) in [6, 6.07) is -0.0748. The number of allylic oxidation sites excluding steroid dienone is 2. The molecule has 31 heavy (non-hydrogen) atoms. The Morgan fingerprint density at radius 3 is 2.61 bits per heavy atom. The van der Waals surface area contributed by atoms with Crippen molar-refractivity contribution < 1.29 is 9.53 Å². The molecule has 5 heteroatoms. The summed E-state index contributed by atoms with van der Waals surface area (Å²) < 4.78 is 6.18. The second kappa shape index (κ2) is 8.46. The van der Waals surface area contributed by atoms with Crippen LogP contribution in [-0.2, 0) is 9.53 Å². The summed E-state index contributed by atoms with van der Waals surface area (Å²) in [5.74, 6) is 3.46. The van der Waals surface area contributed by atoms with Crippen LogP contribution in [0.3, 0.4) is 0 Å². The Hall–Kier alpha value is -1.48. The number of rotatable bonds is 6. The molecule has 0 aromatic carbocycles. The standard InChI is InChI=1S/C26H41N3O2/c1-16(2)7-6-8-17(3)19-9-10-20-23-21(12-14-25(19,20)4)26(5)13-11-18(28-29-27)15-22(26)24(30)31-23/h16-20,22H,6-15H2,1-5H3/t17-,18+,19-,20+,22-,25-,26-/m1/s1. The van der Waals surface area contributed by atoms with E-state index in [0.29, 0.717) is 12.3 Å². The summed E-state index contributed by atoms with van der Waals surface area (Å²) in [6.45, 7) is 11.9. The topological polar surface area (TPSA) is 75.1 Å². The Morgan fingerprint density at radius 2 is 1.90 bits per heavy atom. The predicted octanol–water partition coefficient (Wildman–Crippen LogP) is 7.57. The van der Waals surface area contributed by atoms with Gasteiger partial charge < -0.3 is 4.74 Å². The zero-order chi connectivity index (χ0) is 22.4. The molecule has 2 fully saturated rings. The molecule has 0 amide bonds. The lowest BCUT2D eigenvalue weighted by Crippen LogP contribution is -2.49. The zero-order valence-electron chi connectivity index (χ0n) is 20.2. The molecular formula is C26H41N3O2. The van der Waals surface area contributed by atoms with E-state index in [-0.39, 0.29) is 28.8 Å². The number of fused-ring (bicyclic) bond motifs is 4. The van der Waals surface area contributed by atoms with Crippen LogP contribution >= 0.6 is 0 Å². The van der Waals surface area contributed by atoms with E-state index >= 15 is 0 Å². The highest BCUT2D eigenvalue weighted by Crippen LogP contribution is 2.65. The lowest BCUT2D eigenvalue weighted by Gasteiger charge is -2.53. The van der Waals surface area contributed by atoms with Crippen LogP contribution in [0, 0.1) is 40.4 Å². The van der Waals surface area contributed by atoms with Crippen molar-refractivity contribution in [3.8, 4) is 0 Å². The Balaban J connectivity index is 1.56. The van der Waals surface area contributed by atoms with Gasteiger partial charge in [0.15, 0.2) is 0 Å². The molecule has 0 radical (unpaired) electrons. The van der Waals surface area contributed by atoms with Gasteiger partial charge in [-0.3, -0.25) is 4.79 Å². The average molecular weight is 428 g/mol. The minimum Gasteiger partial charge on any atom is -0.431 e. The number of carbonyl (C=O) groups is 1. The highest BCUT2D eigenvalue weighted by atomic mass is 16.5. The van der Waals surface area contributed by atoms with Crippen molar-refractivity contribution in [1.82, 2.24) is 0 Å². The molecule has 1 heterocycles. The maximum absolute atomic E-state index is 13.2. The fraction of sp³-hybridized carbons (Fsp3) is 0.885. The van der Waals surface area contributed by atoms with Crippen molar-refractivity contribution in [2.45, 2.75) is 105 Å². The molecule has 4 rings (SSSR count). The lowest BCUT2D eigenvalue weighted by molar-refractivity contribution is -0.156. The van der Waals surface area contributed by atoms with Gasteiger partial charge in [0.1, 0.15) is 5.76 Å². The molecule has 0 unspecified atom stereocenters. The van der Waals surface area contributed by atoms with E-state index < -0.39 is 0 Å². The van der Waals surface area contributed by atoms with Crippen LogP contribution in [-0.4, -0.2) is 12.0 Å². The first kappa shape index (κ1) is 22.7. The minimum atomic E-state index is -0.160. The highest BCUT2D eigenvalue weighted by Gasteiger charge is 2.59. The molecule has 7 atom stereocenters. The van der Waals surface area contributed by atoms with Crippen LogP contribution in [0.25, 0.3) is 10.4 Å². The predicted molar refractivity (Wildman–Crippen MR) is 123 cm³/mol. The summed E-state index contributed by atoms with van der Waals surface area (Å²) in [4.78, 5) is 16.2. The smallest absolute Gasteiger partial charge is 0.314 e. The number of carbonyl (C=O) groups excluding carboxylic acids is 1. The SMILES string of the molecule is CC(C)CCC[C@@H](C)[C@H]1CC[C@H]2C3=C(CC[C@]12C)[C@@]1(C)CC[C@H](N=[N+]=[N-])C[C@@H]1C(=O)O3. The van der Waals surface area contributed by atoms with E-state index in [0.717, 1.165) is 49.2 Å². The number of azide groups is 1. The summed E-state index contributed by atoms with van der Waals surface area (Å²) >= 11 is 0. The van der Waals surface area contributed by atoms with Crippen molar-refractivity contribution >= 4 is 5.97 Å². The maximum atomic E-state index is 13.2. The number of hydrogen-bond acceptors (Lipinski definition) is 3. The van der Waals surface area contributed by atoms with Crippen LogP contribution in [0.2, 0.25) is 0 Å². The Morgan fingerprint density at radius 1 is 1.13 bits per heavy atom. The van der Waals surface area contributed by atoms with Crippen LogP contribution in [0.4, 0.5) is 0 Å². The molecule has 0 N–H and O–H groups in total. The van der Waals surface area contributed by atoms with Crippen molar-refractivity contribution in [3.63, 3.8) is 0 Å². The van der Waals surface area contributed by atoms with Gasteiger partial charge in [0.25, 0.3) is 0 Å². The first-order chi connectivity index (χ1) is 14.7. The highest BCUT2D eigenvalue weighted by molar-refractivity contribution is 5.77. The van der Waals surface area contributed by atoms with E-state index in [1.54, 1.807) is 0 Å². The largest absolute Gasteiger partial charge is 0.431 e. The molecular weight excluding hydrogens is 386 g/mol. The average Bonchev–Trinajstić information content (AvgIpc) is 3.06. The second-order valence-corrected chi connectivity index (χ2v) is 11.9. The summed E-state index contributed by atoms with van der Waals surface area (Å²) in [5.41, 5.74) is 10.4. The minimum absolute atomic E-state index is 0.0724. The summed E-state index contributed by atoms with van der Waals surface area (Å²) in [7, 11) is 0. The molecule has 1 aliphatic heterocycles. The monoisotopic (exact) mass is 427 g/mol. The van der Waals surface area contributed by atoms with E-state index in [9.17, 15) is 4.79 Å². The first-order valence-electron chi connectivity index (χ1n) is 12.7. The Bertz CT molecular complexity index is 798. The third-order valence-electron chi connectivity index (χ3n) is 9.74. The normalized spacial score (nSPS) is 40.5. The van der Waals surface area contributed by atoms with Gasteiger partial charge in [-0.1, -0.05) is 59.0 Å². The van der Waals surface area contributed by atoms with E-state index in [1.807, 2.05) is 0 Å². The number of esters is 1. The van der Waals surface area contributed by atoms with E-state index in [2.05, 4.69) is 44.6 Å². The molecule has 0 spiro atoms. The Labute approximate surface area is 188 Å². The quantitative estimate of drug-likeness (QED) is 0.190. The van der Waals surface area contributed by atoms with E-state index in [4.69, 9.17) is 10.3 Å². The molecule has 0 saturated heterocycles. The van der Waals surface area contributed by atoms with E-state index in [1.165, 1.54) is 37.7 Å². The van der Waals surface area contributed by atoms with Gasteiger partial charge >= 0.3 is 5.97 Å². The molecule has 0 aromatic heterocycles. The first-order valence-corrected chi connectivity index (χ1v) is 12.7. The van der Waals surface area contributed by atoms with Crippen molar-refractivity contribution in [2.75, 3.05) is 0 Å². The molecule has 3 aliphatic carbocycles. The number of ether oxygens (including phenoxy) is 1. The summed E-state index contributed by atoms with van der Waals surface area (Å²) in [5, 5.41) is 3.93. The number of nitrogens with zero attached hydrogens (tertiary/aromatic N) is 3. The Kier molecular flexibility index (Phi) is 6.20. The zero-order valence-corrected chi connectivity index (χ0v) is 20.2. The van der Waals surface area contributed by atoms with Gasteiger partial charge in [-0.25, -0.2) is 0 Å². The van der Waals surface area contributed by atoms with Crippen molar-refractivity contribution in [2.24, 2.45) is 45.5 Å². The fourth-order valence-corrected chi connectivity index (χ4v) is 7.83. The van der Waals surface area contributed by atoms with Gasteiger partial charge in [0.05, 0.1) is 5.92 Å². The second-order valence-electron chi connectivity index (χ2n) is 11.9. The number of hydrogen-bond donors (Lipinski definition) is 0. The van der Waals surface area contributed by atoms with Crippen LogP contribution in [0.5, 0.6) is 0 Å². The molecule has 5 nitrogen and oxygen atoms in total. The fourth-order valence-electron chi connectivity index (χ4n) is 7.83. The molecule has 172 valence electrons. The third-order valence-corrected chi connectivity index (χ3v) is 9.74. The van der Waals surface area contributed by atoms with Gasteiger partial charge in [0, 0.05) is 22.3 Å². The van der Waals surface area contributed by atoms with Crippen LogP contribution in [0.1, 0.15) is 98.8 Å². The van der Waals surface area contributed by atoms with Crippen molar-refractivity contribution in [3.05, 3.63) is 21.8 Å². The third kappa shape index (κ3) is 3.81. The van der Waals surface area contributed by atoms with Gasteiger partial charge in [-0.05, 0) is 79.2 Å².